The molecule has 0 bridgehead atoms. The fourth-order valence-corrected chi connectivity index (χ4v) is 3.96. The first kappa shape index (κ1) is 17.4. The van der Waals surface area contributed by atoms with Gasteiger partial charge in [0.15, 0.2) is 5.78 Å². The lowest BCUT2D eigenvalue weighted by atomic mass is 9.76. The van der Waals surface area contributed by atoms with Gasteiger partial charge in [0.05, 0.1) is 0 Å². The minimum atomic E-state index is -0.920. The molecule has 1 aromatic rings. The van der Waals surface area contributed by atoms with E-state index < -0.39 is 12.0 Å². The zero-order valence-corrected chi connectivity index (χ0v) is 14.6. The van der Waals surface area contributed by atoms with Crippen molar-refractivity contribution in [3.8, 4) is 0 Å². The summed E-state index contributed by atoms with van der Waals surface area (Å²) in [5.74, 6) is -0.271. The summed E-state index contributed by atoms with van der Waals surface area (Å²) >= 11 is 0. The highest BCUT2D eigenvalue weighted by atomic mass is 16.4. The van der Waals surface area contributed by atoms with Gasteiger partial charge in [0, 0.05) is 38.3 Å². The Kier molecular flexibility index (Phi) is 4.49. The molecule has 3 heterocycles. The summed E-state index contributed by atoms with van der Waals surface area (Å²) in [5, 5.41) is 9.41. The molecule has 0 aromatic carbocycles. The number of rotatable bonds is 3. The van der Waals surface area contributed by atoms with Gasteiger partial charge in [-0.05, 0) is 43.7 Å². The van der Waals surface area contributed by atoms with Crippen molar-refractivity contribution < 1.29 is 19.5 Å². The number of carboxylic acid groups (broad SMARTS) is 1. The van der Waals surface area contributed by atoms with Crippen molar-refractivity contribution in [2.75, 3.05) is 24.5 Å². The van der Waals surface area contributed by atoms with E-state index >= 15 is 0 Å². The van der Waals surface area contributed by atoms with E-state index in [-0.39, 0.29) is 17.1 Å². The first-order valence-corrected chi connectivity index (χ1v) is 8.53. The third-order valence-electron chi connectivity index (χ3n) is 5.50. The largest absolute Gasteiger partial charge is 0.480 e. The Labute approximate surface area is 146 Å². The molecule has 1 N–H and O–H groups in total. The van der Waals surface area contributed by atoms with E-state index in [0.717, 1.165) is 31.7 Å². The molecule has 0 radical (unpaired) electrons. The molecule has 25 heavy (non-hydrogen) atoms. The summed E-state index contributed by atoms with van der Waals surface area (Å²) < 4.78 is 0. The Morgan fingerprint density at radius 1 is 1.20 bits per heavy atom. The highest BCUT2D eigenvalue weighted by molar-refractivity contribution is 5.93. The number of Topliss-reactive ketones (excluding diaryl/α,β-unsaturated/α-hetero) is 1. The van der Waals surface area contributed by atoms with E-state index in [9.17, 15) is 19.5 Å². The quantitative estimate of drug-likeness (QED) is 0.837. The van der Waals surface area contributed by atoms with Gasteiger partial charge in [-0.2, -0.15) is 0 Å². The van der Waals surface area contributed by atoms with Crippen LogP contribution >= 0.6 is 0 Å². The Hall–Kier alpha value is -2.44. The first-order valence-electron chi connectivity index (χ1n) is 8.53. The van der Waals surface area contributed by atoms with Crippen molar-refractivity contribution in [3.63, 3.8) is 0 Å². The number of carbonyl (C=O) groups excluding carboxylic acids is 2. The van der Waals surface area contributed by atoms with Crippen LogP contribution in [0.1, 0.15) is 43.5 Å². The molecule has 3 rings (SSSR count). The number of carboxylic acids is 1. The number of nitrogens with zero attached hydrogens (tertiary/aromatic N) is 3. The number of anilines is 1. The lowest BCUT2D eigenvalue weighted by Gasteiger charge is -2.39. The van der Waals surface area contributed by atoms with Crippen LogP contribution in [0.15, 0.2) is 18.3 Å². The number of aliphatic carboxylic acids is 1. The van der Waals surface area contributed by atoms with Crippen LogP contribution < -0.4 is 4.90 Å². The standard InChI is InChI=1S/C18H23N3O4/c1-12(22)14-3-4-16(19-10-14)20-7-5-18(6-8-20)9-15(17(24)25)21(11-18)13(2)23/h3-4,10,15H,5-9,11H2,1-2H3,(H,24,25). The maximum absolute atomic E-state index is 11.8. The van der Waals surface area contributed by atoms with Crippen molar-refractivity contribution in [3.05, 3.63) is 23.9 Å². The van der Waals surface area contributed by atoms with Crippen molar-refractivity contribution in [1.82, 2.24) is 9.88 Å². The third kappa shape index (κ3) is 3.36. The predicted octanol–water partition coefficient (Wildman–Crippen LogP) is 1.58. The summed E-state index contributed by atoms with van der Waals surface area (Å²) in [5.41, 5.74) is 0.472. The lowest BCUT2D eigenvalue weighted by Crippen LogP contribution is -2.42. The van der Waals surface area contributed by atoms with E-state index in [1.807, 2.05) is 6.07 Å². The molecule has 2 aliphatic rings. The number of carbonyl (C=O) groups is 3. The summed E-state index contributed by atoms with van der Waals surface area (Å²) in [7, 11) is 0. The Balaban J connectivity index is 1.68. The van der Waals surface area contributed by atoms with E-state index in [4.69, 9.17) is 0 Å². The normalized spacial score (nSPS) is 22.2. The molecule has 0 aliphatic carbocycles. The van der Waals surface area contributed by atoms with Gasteiger partial charge in [-0.15, -0.1) is 0 Å². The Bertz CT molecular complexity index is 669. The second-order valence-corrected chi connectivity index (χ2v) is 7.15. The highest BCUT2D eigenvalue weighted by Crippen LogP contribution is 2.44. The molecule has 2 fully saturated rings. The molecule has 0 saturated carbocycles. The van der Waals surface area contributed by atoms with Crippen LogP contribution in [0, 0.1) is 5.41 Å². The summed E-state index contributed by atoms with van der Waals surface area (Å²) in [4.78, 5) is 42.6. The van der Waals surface area contributed by atoms with Crippen molar-refractivity contribution in [1.29, 1.82) is 0 Å². The van der Waals surface area contributed by atoms with Gasteiger partial charge in [-0.1, -0.05) is 0 Å². The van der Waals surface area contributed by atoms with Gasteiger partial charge in [-0.25, -0.2) is 9.78 Å². The molecule has 7 heteroatoms. The zero-order valence-electron chi connectivity index (χ0n) is 14.6. The van der Waals surface area contributed by atoms with E-state index in [1.165, 1.54) is 18.7 Å². The van der Waals surface area contributed by atoms with Crippen LogP contribution in [0.4, 0.5) is 5.82 Å². The van der Waals surface area contributed by atoms with E-state index in [1.54, 1.807) is 12.3 Å². The van der Waals surface area contributed by atoms with Gasteiger partial charge in [0.2, 0.25) is 5.91 Å². The number of hydrogen-bond acceptors (Lipinski definition) is 5. The van der Waals surface area contributed by atoms with Crippen LogP contribution in [0.5, 0.6) is 0 Å². The van der Waals surface area contributed by atoms with Crippen molar-refractivity contribution in [2.24, 2.45) is 5.41 Å². The van der Waals surface area contributed by atoms with Gasteiger partial charge >= 0.3 is 5.97 Å². The molecule has 2 aliphatic heterocycles. The third-order valence-corrected chi connectivity index (χ3v) is 5.50. The van der Waals surface area contributed by atoms with Crippen LogP contribution in [0.2, 0.25) is 0 Å². The molecule has 134 valence electrons. The zero-order chi connectivity index (χ0) is 18.2. The van der Waals surface area contributed by atoms with Crippen LogP contribution in [0.25, 0.3) is 0 Å². The van der Waals surface area contributed by atoms with Gasteiger partial charge < -0.3 is 14.9 Å². The van der Waals surface area contributed by atoms with Gasteiger partial charge in [-0.3, -0.25) is 9.59 Å². The molecule has 2 saturated heterocycles. The average Bonchev–Trinajstić information content (AvgIpc) is 2.96. The minimum Gasteiger partial charge on any atom is -0.480 e. The minimum absolute atomic E-state index is 0.00774. The molecule has 1 amide bonds. The topological polar surface area (TPSA) is 90.8 Å². The SMILES string of the molecule is CC(=O)c1ccc(N2CCC3(CC2)CC(C(=O)O)N(C(C)=O)C3)nc1. The molecule has 1 aromatic heterocycles. The van der Waals surface area contributed by atoms with Crippen LogP contribution in [0.3, 0.4) is 0 Å². The second kappa shape index (κ2) is 6.46. The van der Waals surface area contributed by atoms with Crippen LogP contribution in [-0.4, -0.2) is 58.3 Å². The van der Waals surface area contributed by atoms with Gasteiger partial charge in [0.25, 0.3) is 0 Å². The highest BCUT2D eigenvalue weighted by Gasteiger charge is 2.49. The van der Waals surface area contributed by atoms with Crippen molar-refractivity contribution in [2.45, 2.75) is 39.2 Å². The second-order valence-electron chi connectivity index (χ2n) is 7.15. The number of piperidine rings is 1. The maximum atomic E-state index is 11.8. The summed E-state index contributed by atoms with van der Waals surface area (Å²) in [6.45, 7) is 5.00. The van der Waals surface area contributed by atoms with Crippen LogP contribution in [-0.2, 0) is 9.59 Å². The lowest BCUT2D eigenvalue weighted by molar-refractivity contribution is -0.147. The van der Waals surface area contributed by atoms with E-state index in [2.05, 4.69) is 9.88 Å². The number of amides is 1. The summed E-state index contributed by atoms with van der Waals surface area (Å²) in [6.07, 6.45) is 3.77. The molecule has 1 spiro atoms. The van der Waals surface area contributed by atoms with Gasteiger partial charge in [0.1, 0.15) is 11.9 Å². The number of likely N-dealkylation sites (tertiary alicyclic amines) is 1. The predicted molar refractivity (Wildman–Crippen MR) is 91.5 cm³/mol. The molecule has 1 atom stereocenters. The fraction of sp³-hybridized carbons (Fsp3) is 0.556. The number of ketones is 1. The molecule has 7 nitrogen and oxygen atoms in total. The number of pyridine rings is 1. The molecular formula is C18H23N3O4. The van der Waals surface area contributed by atoms with E-state index in [0.29, 0.717) is 18.5 Å². The van der Waals surface area contributed by atoms with Crippen molar-refractivity contribution >= 4 is 23.5 Å². The number of aromatic nitrogens is 1. The summed E-state index contributed by atoms with van der Waals surface area (Å²) in [6, 6.07) is 2.92. The average molecular weight is 345 g/mol. The maximum Gasteiger partial charge on any atom is 0.326 e. The fourth-order valence-electron chi connectivity index (χ4n) is 3.96. The first-order chi connectivity index (χ1) is 11.8. The smallest absolute Gasteiger partial charge is 0.326 e. The monoisotopic (exact) mass is 345 g/mol. The molecule has 1 unspecified atom stereocenters. The Morgan fingerprint density at radius 2 is 1.88 bits per heavy atom. The Morgan fingerprint density at radius 3 is 2.32 bits per heavy atom. The molecular weight excluding hydrogens is 322 g/mol. The number of hydrogen-bond donors (Lipinski definition) is 1.